The van der Waals surface area contributed by atoms with Crippen molar-refractivity contribution in [1.29, 1.82) is 0 Å². The number of nitrogens with one attached hydrogen (secondary N) is 1. The lowest BCUT2D eigenvalue weighted by Crippen LogP contribution is -2.30. The molecule has 1 aromatic carbocycles. The van der Waals surface area contributed by atoms with Crippen LogP contribution in [0.25, 0.3) is 10.6 Å². The molecule has 2 heterocycles. The third kappa shape index (κ3) is 3.49. The first-order valence-electron chi connectivity index (χ1n) is 8.70. The Hall–Kier alpha value is -1.54. The van der Waals surface area contributed by atoms with Gasteiger partial charge in [0.2, 0.25) is 0 Å². The summed E-state index contributed by atoms with van der Waals surface area (Å²) in [5.74, 6) is 0. The number of hydrogen-bond donors (Lipinski definition) is 1. The van der Waals surface area contributed by atoms with Gasteiger partial charge in [-0.15, -0.1) is 22.7 Å². The van der Waals surface area contributed by atoms with Crippen LogP contribution in [-0.4, -0.2) is 13.4 Å². The van der Waals surface area contributed by atoms with E-state index in [1.54, 1.807) is 17.4 Å². The van der Waals surface area contributed by atoms with Crippen LogP contribution in [0.3, 0.4) is 0 Å². The molecule has 0 spiro atoms. The van der Waals surface area contributed by atoms with E-state index < -0.39 is 10.0 Å². The molecule has 0 saturated carbocycles. The molecule has 0 amide bonds. The highest BCUT2D eigenvalue weighted by molar-refractivity contribution is 7.91. The fourth-order valence-electron chi connectivity index (χ4n) is 3.29. The molecular formula is C19H20N2O2S3. The zero-order chi connectivity index (χ0) is 18.1. The highest BCUT2D eigenvalue weighted by Crippen LogP contribution is 2.34. The molecule has 26 heavy (non-hydrogen) atoms. The first-order valence-corrected chi connectivity index (χ1v) is 11.9. The summed E-state index contributed by atoms with van der Waals surface area (Å²) in [4.78, 5) is 4.55. The number of hydrogen-bond acceptors (Lipinski definition) is 5. The summed E-state index contributed by atoms with van der Waals surface area (Å²) in [5, 5.41) is 4.78. The minimum atomic E-state index is -3.54. The predicted molar refractivity (Wildman–Crippen MR) is 107 cm³/mol. The first-order chi connectivity index (χ1) is 12.6. The molecular weight excluding hydrogens is 384 g/mol. The van der Waals surface area contributed by atoms with Crippen LogP contribution in [0.1, 0.15) is 42.6 Å². The Morgan fingerprint density at radius 3 is 2.88 bits per heavy atom. The van der Waals surface area contributed by atoms with Crippen molar-refractivity contribution in [3.63, 3.8) is 0 Å². The molecule has 0 radical (unpaired) electrons. The van der Waals surface area contributed by atoms with Crippen molar-refractivity contribution in [2.75, 3.05) is 0 Å². The second kappa shape index (κ2) is 7.23. The van der Waals surface area contributed by atoms with Gasteiger partial charge in [-0.3, -0.25) is 0 Å². The van der Waals surface area contributed by atoms with Crippen LogP contribution in [-0.2, 0) is 22.9 Å². The minimum Gasteiger partial charge on any atom is -0.241 e. The highest BCUT2D eigenvalue weighted by atomic mass is 32.2. The van der Waals surface area contributed by atoms with Crippen LogP contribution in [0.15, 0.2) is 45.3 Å². The minimum absolute atomic E-state index is 0.151. The summed E-state index contributed by atoms with van der Waals surface area (Å²) >= 11 is 2.81. The summed E-state index contributed by atoms with van der Waals surface area (Å²) in [6.45, 7) is 2.06. The van der Waals surface area contributed by atoms with Gasteiger partial charge in [-0.2, -0.15) is 0 Å². The van der Waals surface area contributed by atoms with Gasteiger partial charge in [0, 0.05) is 22.4 Å². The number of fused-ring (bicyclic) bond motifs is 1. The highest BCUT2D eigenvalue weighted by Gasteiger charge is 2.26. The van der Waals surface area contributed by atoms with E-state index in [9.17, 15) is 8.42 Å². The lowest BCUT2D eigenvalue weighted by Gasteiger charge is -2.25. The number of sulfonamides is 1. The van der Waals surface area contributed by atoms with E-state index in [2.05, 4.69) is 22.7 Å². The predicted octanol–water partition coefficient (Wildman–Crippen LogP) is 4.79. The SMILES string of the molecule is CCc1csc(-c2csc(S(=O)(=O)N[C@H]3CCCc4ccccc43)c2)n1. The maximum Gasteiger partial charge on any atom is 0.250 e. The van der Waals surface area contributed by atoms with E-state index in [-0.39, 0.29) is 6.04 Å². The van der Waals surface area contributed by atoms with Gasteiger partial charge < -0.3 is 0 Å². The normalized spacial score (nSPS) is 17.2. The lowest BCUT2D eigenvalue weighted by molar-refractivity contribution is 0.508. The molecule has 1 N–H and O–H groups in total. The van der Waals surface area contributed by atoms with Gasteiger partial charge in [-0.25, -0.2) is 18.1 Å². The van der Waals surface area contributed by atoms with Gasteiger partial charge in [0.1, 0.15) is 9.22 Å². The summed E-state index contributed by atoms with van der Waals surface area (Å²) in [7, 11) is -3.54. The molecule has 7 heteroatoms. The number of benzene rings is 1. The van der Waals surface area contributed by atoms with Crippen molar-refractivity contribution in [3.05, 3.63) is 57.9 Å². The van der Waals surface area contributed by atoms with E-state index in [0.29, 0.717) is 4.21 Å². The molecule has 136 valence electrons. The van der Waals surface area contributed by atoms with Crippen LogP contribution >= 0.6 is 22.7 Å². The number of thiophene rings is 1. The molecule has 3 aromatic rings. The fraction of sp³-hybridized carbons (Fsp3) is 0.316. The number of aryl methyl sites for hydroxylation is 2. The molecule has 4 nitrogen and oxygen atoms in total. The molecule has 0 saturated heterocycles. The Balaban J connectivity index is 1.58. The number of aromatic nitrogens is 1. The second-order valence-corrected chi connectivity index (χ2v) is 10.1. The zero-order valence-electron chi connectivity index (χ0n) is 14.4. The van der Waals surface area contributed by atoms with Crippen LogP contribution in [0.2, 0.25) is 0 Å². The van der Waals surface area contributed by atoms with Crippen molar-refractivity contribution in [3.8, 4) is 10.6 Å². The third-order valence-corrected chi connectivity index (χ3v) is 8.52. The summed E-state index contributed by atoms with van der Waals surface area (Å²) in [5.41, 5.74) is 4.27. The van der Waals surface area contributed by atoms with Gasteiger partial charge in [-0.05, 0) is 42.9 Å². The second-order valence-electron chi connectivity index (χ2n) is 6.42. The Morgan fingerprint density at radius 2 is 2.08 bits per heavy atom. The third-order valence-electron chi connectivity index (χ3n) is 4.67. The number of rotatable bonds is 5. The van der Waals surface area contributed by atoms with Crippen LogP contribution in [0.5, 0.6) is 0 Å². The maximum absolute atomic E-state index is 12.9. The smallest absolute Gasteiger partial charge is 0.241 e. The van der Waals surface area contributed by atoms with Gasteiger partial charge in [-0.1, -0.05) is 31.2 Å². The summed E-state index contributed by atoms with van der Waals surface area (Å²) in [6.07, 6.45) is 3.73. The molecule has 0 fully saturated rings. The molecule has 0 bridgehead atoms. The van der Waals surface area contributed by atoms with E-state index in [1.165, 1.54) is 16.9 Å². The fourth-order valence-corrected chi connectivity index (χ4v) is 6.69. The quantitative estimate of drug-likeness (QED) is 0.665. The van der Waals surface area contributed by atoms with Crippen molar-refractivity contribution in [1.82, 2.24) is 9.71 Å². The first kappa shape index (κ1) is 17.9. The average Bonchev–Trinajstić information content (AvgIpc) is 3.31. The molecule has 4 rings (SSSR count). The monoisotopic (exact) mass is 404 g/mol. The van der Waals surface area contributed by atoms with Crippen molar-refractivity contribution in [2.45, 2.75) is 42.9 Å². The molecule has 1 aliphatic rings. The van der Waals surface area contributed by atoms with Crippen molar-refractivity contribution in [2.24, 2.45) is 0 Å². The average molecular weight is 405 g/mol. The standard InChI is InChI=1S/C19H20N2O2S3/c1-2-15-12-25-19(20-15)14-10-18(24-11-14)26(22,23)21-17-9-5-7-13-6-3-4-8-16(13)17/h3-4,6,8,10-12,17,21H,2,5,7,9H2,1H3/t17-/m0/s1. The maximum atomic E-state index is 12.9. The Labute approximate surface area is 162 Å². The van der Waals surface area contributed by atoms with Crippen LogP contribution in [0.4, 0.5) is 0 Å². The van der Waals surface area contributed by atoms with Crippen LogP contribution < -0.4 is 4.72 Å². The van der Waals surface area contributed by atoms with E-state index in [0.717, 1.165) is 47.5 Å². The Morgan fingerprint density at radius 1 is 1.23 bits per heavy atom. The summed E-state index contributed by atoms with van der Waals surface area (Å²) < 4.78 is 29.1. The Bertz CT molecular complexity index is 1020. The van der Waals surface area contributed by atoms with Gasteiger partial charge in [0.05, 0.1) is 5.69 Å². The Kier molecular flexibility index (Phi) is 4.96. The largest absolute Gasteiger partial charge is 0.250 e. The lowest BCUT2D eigenvalue weighted by atomic mass is 9.88. The molecule has 1 atom stereocenters. The van der Waals surface area contributed by atoms with Gasteiger partial charge in [0.25, 0.3) is 10.0 Å². The van der Waals surface area contributed by atoms with Gasteiger partial charge >= 0.3 is 0 Å². The number of thiazole rings is 1. The van der Waals surface area contributed by atoms with E-state index >= 15 is 0 Å². The number of nitrogens with zero attached hydrogens (tertiary/aromatic N) is 1. The van der Waals surface area contributed by atoms with E-state index in [4.69, 9.17) is 0 Å². The molecule has 1 aliphatic carbocycles. The molecule has 2 aromatic heterocycles. The molecule has 0 aliphatic heterocycles. The van der Waals surface area contributed by atoms with E-state index in [1.807, 2.05) is 29.0 Å². The van der Waals surface area contributed by atoms with Crippen molar-refractivity contribution < 1.29 is 8.42 Å². The zero-order valence-corrected chi connectivity index (χ0v) is 16.9. The van der Waals surface area contributed by atoms with Gasteiger partial charge in [0.15, 0.2) is 0 Å². The molecule has 0 unspecified atom stereocenters. The van der Waals surface area contributed by atoms with Crippen molar-refractivity contribution >= 4 is 32.7 Å². The van der Waals surface area contributed by atoms with Crippen LogP contribution in [0, 0.1) is 0 Å². The summed E-state index contributed by atoms with van der Waals surface area (Å²) in [6, 6.07) is 9.69. The topological polar surface area (TPSA) is 59.1 Å².